The number of hydrogen-bond acceptors (Lipinski definition) is 13. The highest BCUT2D eigenvalue weighted by molar-refractivity contribution is 5.76. The fourth-order valence-corrected chi connectivity index (χ4v) is 12.2. The van der Waals surface area contributed by atoms with Crippen LogP contribution in [0, 0.1) is 0 Å². The summed E-state index contributed by atoms with van der Waals surface area (Å²) in [6.07, 6.45) is 53.4. The summed E-state index contributed by atoms with van der Waals surface area (Å²) >= 11 is 0. The van der Waals surface area contributed by atoms with Gasteiger partial charge in [0.1, 0.15) is 48.8 Å². The highest BCUT2D eigenvalue weighted by atomic mass is 16.7. The highest BCUT2D eigenvalue weighted by Crippen LogP contribution is 2.30. The fourth-order valence-electron chi connectivity index (χ4n) is 12.2. The van der Waals surface area contributed by atoms with Crippen molar-refractivity contribution in [2.24, 2.45) is 0 Å². The molecule has 0 spiro atoms. The molecule has 2 aliphatic rings. The molecule has 0 aromatic rings. The molecular formula is C71H135NO13. The maximum atomic E-state index is 13.3. The highest BCUT2D eigenvalue weighted by Gasteiger charge is 2.51. The van der Waals surface area contributed by atoms with Crippen LogP contribution in [0.5, 0.6) is 0 Å². The molecule has 1 amide bonds. The first-order chi connectivity index (χ1) is 41.6. The third kappa shape index (κ3) is 40.8. The molecule has 2 fully saturated rings. The molecule has 0 bridgehead atoms. The molecule has 85 heavy (non-hydrogen) atoms. The normalized spacial score (nSPS) is 23.6. The maximum Gasteiger partial charge on any atom is 0.220 e. The summed E-state index contributed by atoms with van der Waals surface area (Å²) in [4.78, 5) is 13.3. The van der Waals surface area contributed by atoms with Gasteiger partial charge in [0.2, 0.25) is 5.91 Å². The van der Waals surface area contributed by atoms with E-state index < -0.39 is 86.8 Å². The molecule has 0 aliphatic carbocycles. The Bertz CT molecular complexity index is 1520. The zero-order valence-corrected chi connectivity index (χ0v) is 54.6. The summed E-state index contributed by atoms with van der Waals surface area (Å²) < 4.78 is 22.9. The molecule has 0 saturated carbocycles. The zero-order valence-electron chi connectivity index (χ0n) is 54.6. The van der Waals surface area contributed by atoms with Crippen molar-refractivity contribution in [2.75, 3.05) is 19.8 Å². The monoisotopic (exact) mass is 1210 g/mol. The summed E-state index contributed by atoms with van der Waals surface area (Å²) in [5, 5.41) is 87.6. The van der Waals surface area contributed by atoms with Crippen LogP contribution in [-0.4, -0.2) is 140 Å². The molecule has 0 aromatic carbocycles. The summed E-state index contributed by atoms with van der Waals surface area (Å²) in [6.45, 7) is 2.90. The zero-order chi connectivity index (χ0) is 61.6. The van der Waals surface area contributed by atoms with Crippen molar-refractivity contribution in [1.82, 2.24) is 5.32 Å². The molecule has 2 aliphatic heterocycles. The molecule has 2 rings (SSSR count). The van der Waals surface area contributed by atoms with E-state index in [0.29, 0.717) is 12.8 Å². The average molecular weight is 1210 g/mol. The Balaban J connectivity index is 1.65. The van der Waals surface area contributed by atoms with Crippen LogP contribution in [-0.2, 0) is 23.7 Å². The van der Waals surface area contributed by atoms with E-state index in [2.05, 4.69) is 43.5 Å². The molecule has 14 nitrogen and oxygen atoms in total. The van der Waals surface area contributed by atoms with Crippen molar-refractivity contribution >= 4 is 5.91 Å². The van der Waals surface area contributed by atoms with E-state index in [1.54, 1.807) is 0 Å². The minimum Gasteiger partial charge on any atom is -0.394 e. The molecule has 502 valence electrons. The van der Waals surface area contributed by atoms with Gasteiger partial charge in [0, 0.05) is 6.42 Å². The first-order valence-electron chi connectivity index (χ1n) is 36.1. The number of nitrogens with one attached hydrogen (secondary N) is 1. The third-order valence-corrected chi connectivity index (χ3v) is 17.9. The standard InChI is InChI=1S/C71H135NO13/c1-3-5-7-9-11-13-15-17-19-21-23-25-26-27-28-29-30-31-32-33-35-36-38-40-42-44-46-48-50-52-54-60(75)59(58-82-70-68(81)66(79)69(62(57-74)84-70)85-71-67(80)65(78)64(77)61(56-73)83-71)72-63(76)55-53-51-49-47-45-43-41-39-37-34-24-22-20-18-16-14-12-10-8-6-4-2/h16,18,22,24,59-62,64-71,73-75,77-81H,3-15,17,19-21,23,25-58H2,1-2H3,(H,72,76)/b18-16-,24-22-. The van der Waals surface area contributed by atoms with Crippen molar-refractivity contribution in [3.63, 3.8) is 0 Å². The van der Waals surface area contributed by atoms with Crippen molar-refractivity contribution < 1.29 is 64.6 Å². The van der Waals surface area contributed by atoms with Gasteiger partial charge in [-0.3, -0.25) is 4.79 Å². The van der Waals surface area contributed by atoms with Gasteiger partial charge >= 0.3 is 0 Å². The van der Waals surface area contributed by atoms with Gasteiger partial charge in [-0.05, 0) is 44.9 Å². The Labute approximate surface area is 519 Å². The van der Waals surface area contributed by atoms with Crippen LogP contribution in [0.25, 0.3) is 0 Å². The fraction of sp³-hybridized carbons (Fsp3) is 0.930. The molecule has 2 saturated heterocycles. The number of carbonyl (C=O) groups is 1. The number of hydrogen-bond donors (Lipinski definition) is 9. The second kappa shape index (κ2) is 56.5. The molecular weight excluding hydrogens is 1070 g/mol. The van der Waals surface area contributed by atoms with Crippen LogP contribution in [0.15, 0.2) is 24.3 Å². The van der Waals surface area contributed by atoms with Gasteiger partial charge < -0.3 is 65.1 Å². The number of amides is 1. The Kier molecular flexibility index (Phi) is 52.8. The van der Waals surface area contributed by atoms with E-state index in [1.165, 1.54) is 238 Å². The maximum absolute atomic E-state index is 13.3. The SMILES string of the molecule is CCCCCCC/C=C\C/C=C\CCCCCCCCCCCC(=O)NC(COC1OC(CO)C(OC2OC(CO)C(O)C(O)C2O)C(O)C1O)C(O)CCCCCCCCCCCCCCCCCCCCCCCCCCCCCCCC. The Morgan fingerprint density at radius 2 is 0.776 bits per heavy atom. The van der Waals surface area contributed by atoms with Crippen molar-refractivity contribution in [2.45, 2.75) is 402 Å². The summed E-state index contributed by atoms with van der Waals surface area (Å²) in [6, 6.07) is -0.831. The number of allylic oxidation sites excluding steroid dienone is 4. The summed E-state index contributed by atoms with van der Waals surface area (Å²) in [5.74, 6) is -0.206. The molecule has 9 N–H and O–H groups in total. The Morgan fingerprint density at radius 3 is 1.18 bits per heavy atom. The molecule has 0 aromatic heterocycles. The number of aliphatic hydroxyl groups excluding tert-OH is 8. The van der Waals surface area contributed by atoms with Gasteiger partial charge in [-0.25, -0.2) is 0 Å². The lowest BCUT2D eigenvalue weighted by atomic mass is 9.97. The van der Waals surface area contributed by atoms with Crippen LogP contribution < -0.4 is 5.32 Å². The van der Waals surface area contributed by atoms with Gasteiger partial charge in [-0.2, -0.15) is 0 Å². The topological polar surface area (TPSA) is 228 Å². The lowest BCUT2D eigenvalue weighted by Gasteiger charge is -2.46. The molecule has 2 heterocycles. The average Bonchev–Trinajstić information content (AvgIpc) is 3.69. The Morgan fingerprint density at radius 1 is 0.424 bits per heavy atom. The minimum absolute atomic E-state index is 0.206. The number of rotatable bonds is 60. The lowest BCUT2D eigenvalue weighted by Crippen LogP contribution is -2.65. The second-order valence-corrected chi connectivity index (χ2v) is 25.7. The van der Waals surface area contributed by atoms with Crippen molar-refractivity contribution in [3.8, 4) is 0 Å². The van der Waals surface area contributed by atoms with Crippen LogP contribution in [0.2, 0.25) is 0 Å². The lowest BCUT2D eigenvalue weighted by molar-refractivity contribution is -0.359. The molecule has 0 radical (unpaired) electrons. The molecule has 12 unspecified atom stereocenters. The van der Waals surface area contributed by atoms with Crippen LogP contribution in [0.4, 0.5) is 0 Å². The van der Waals surface area contributed by atoms with Gasteiger partial charge in [-0.1, -0.05) is 301 Å². The van der Waals surface area contributed by atoms with Gasteiger partial charge in [0.15, 0.2) is 12.6 Å². The smallest absolute Gasteiger partial charge is 0.220 e. The van der Waals surface area contributed by atoms with Crippen molar-refractivity contribution in [1.29, 1.82) is 0 Å². The largest absolute Gasteiger partial charge is 0.394 e. The number of ether oxygens (including phenoxy) is 4. The minimum atomic E-state index is -1.78. The van der Waals surface area contributed by atoms with Crippen LogP contribution in [0.3, 0.4) is 0 Å². The van der Waals surface area contributed by atoms with E-state index in [1.807, 2.05) is 0 Å². The number of carbonyl (C=O) groups excluding carboxylic acids is 1. The van der Waals surface area contributed by atoms with Crippen molar-refractivity contribution in [3.05, 3.63) is 24.3 Å². The van der Waals surface area contributed by atoms with E-state index >= 15 is 0 Å². The van der Waals surface area contributed by atoms with Crippen LogP contribution in [0.1, 0.15) is 328 Å². The first kappa shape index (κ1) is 79.6. The number of aliphatic hydroxyl groups is 8. The predicted octanol–water partition coefficient (Wildman–Crippen LogP) is 14.7. The van der Waals surface area contributed by atoms with E-state index in [4.69, 9.17) is 18.9 Å². The third-order valence-electron chi connectivity index (χ3n) is 17.9. The summed E-state index contributed by atoms with van der Waals surface area (Å²) in [7, 11) is 0. The first-order valence-corrected chi connectivity index (χ1v) is 36.1. The number of unbranched alkanes of at least 4 members (excludes halogenated alkanes) is 43. The van der Waals surface area contributed by atoms with E-state index in [0.717, 1.165) is 64.2 Å². The van der Waals surface area contributed by atoms with Gasteiger partial charge in [0.25, 0.3) is 0 Å². The second-order valence-electron chi connectivity index (χ2n) is 25.7. The van der Waals surface area contributed by atoms with E-state index in [-0.39, 0.29) is 12.5 Å². The Hall–Kier alpha value is -1.53. The van der Waals surface area contributed by atoms with Gasteiger partial charge in [0.05, 0.1) is 32.0 Å². The molecule has 12 atom stereocenters. The van der Waals surface area contributed by atoms with Crippen LogP contribution >= 0.6 is 0 Å². The summed E-state index contributed by atoms with van der Waals surface area (Å²) in [5.41, 5.74) is 0. The predicted molar refractivity (Wildman–Crippen MR) is 346 cm³/mol. The van der Waals surface area contributed by atoms with E-state index in [9.17, 15) is 45.6 Å². The van der Waals surface area contributed by atoms with Gasteiger partial charge in [-0.15, -0.1) is 0 Å². The quantitative estimate of drug-likeness (QED) is 0.0204. The molecule has 14 heteroatoms.